The van der Waals surface area contributed by atoms with Gasteiger partial charge in [-0.25, -0.2) is 0 Å². The van der Waals surface area contributed by atoms with Crippen molar-refractivity contribution >= 4 is 35.4 Å². The van der Waals surface area contributed by atoms with E-state index in [0.29, 0.717) is 63.8 Å². The van der Waals surface area contributed by atoms with Crippen molar-refractivity contribution in [2.24, 2.45) is 11.8 Å². The third kappa shape index (κ3) is 22.8. The molecule has 0 unspecified atom stereocenters. The fourth-order valence-electron chi connectivity index (χ4n) is 5.23. The molecule has 0 bridgehead atoms. The first-order chi connectivity index (χ1) is 20.1. The summed E-state index contributed by atoms with van der Waals surface area (Å²) >= 11 is 0. The molecule has 0 atom stereocenters. The van der Waals surface area contributed by atoms with Crippen molar-refractivity contribution in [1.29, 1.82) is 0 Å². The van der Waals surface area contributed by atoms with Crippen LogP contribution in [0.5, 0.6) is 0 Å². The first-order valence-electron chi connectivity index (χ1n) is 15.6. The summed E-state index contributed by atoms with van der Waals surface area (Å²) in [5.41, 5.74) is 0. The molecule has 270 valence electrons. The van der Waals surface area contributed by atoms with Crippen molar-refractivity contribution in [2.45, 2.75) is 98.8 Å². The van der Waals surface area contributed by atoms with Crippen LogP contribution in [0, 0.1) is 26.7 Å². The SMILES string of the molecule is C.CCC(=O)N(CCNC(=O)CC1CCCC1)CC(=O)NC.CCC(=O)N(CCNC(C)=O)CC(=O)NCC1CCCC1.[CH3-].[CH3-].[Fe+2]. The summed E-state index contributed by atoms with van der Waals surface area (Å²) < 4.78 is 0. The minimum absolute atomic E-state index is 0. The summed E-state index contributed by atoms with van der Waals surface area (Å²) in [6.45, 7) is 7.28. The molecule has 6 amide bonds. The molecular formula is C33H64FeN6O6. The van der Waals surface area contributed by atoms with Crippen molar-refractivity contribution in [3.05, 3.63) is 14.9 Å². The van der Waals surface area contributed by atoms with Crippen LogP contribution in [0.4, 0.5) is 0 Å². The number of nitrogens with one attached hydrogen (secondary N) is 4. The Hall–Kier alpha value is -2.66. The molecule has 0 aliphatic heterocycles. The average molecular weight is 697 g/mol. The van der Waals surface area contributed by atoms with E-state index in [4.69, 9.17) is 0 Å². The van der Waals surface area contributed by atoms with Crippen LogP contribution >= 0.6 is 0 Å². The van der Waals surface area contributed by atoms with Crippen molar-refractivity contribution in [2.75, 3.05) is 52.9 Å². The zero-order valence-electron chi connectivity index (χ0n) is 28.6. The Labute approximate surface area is 290 Å². The maximum atomic E-state index is 11.9. The third-order valence-electron chi connectivity index (χ3n) is 7.73. The summed E-state index contributed by atoms with van der Waals surface area (Å²) in [7, 11) is 1.54. The molecule has 0 spiro atoms. The predicted octanol–water partition coefficient (Wildman–Crippen LogP) is 2.87. The van der Waals surface area contributed by atoms with Crippen LogP contribution in [0.2, 0.25) is 0 Å². The molecule has 0 saturated heterocycles. The first-order valence-corrected chi connectivity index (χ1v) is 15.6. The Morgan fingerprint density at radius 1 is 0.652 bits per heavy atom. The molecule has 12 nitrogen and oxygen atoms in total. The number of amides is 6. The molecule has 2 aliphatic carbocycles. The molecular weight excluding hydrogens is 632 g/mol. The van der Waals surface area contributed by atoms with Crippen LogP contribution in [0.1, 0.15) is 98.8 Å². The molecule has 4 N–H and O–H groups in total. The summed E-state index contributed by atoms with van der Waals surface area (Å²) in [5.74, 6) is 0.545. The average Bonchev–Trinajstić information content (AvgIpc) is 3.69. The molecule has 0 radical (unpaired) electrons. The van der Waals surface area contributed by atoms with Crippen molar-refractivity contribution < 1.29 is 45.8 Å². The van der Waals surface area contributed by atoms with Crippen LogP contribution in [-0.2, 0) is 45.8 Å². The summed E-state index contributed by atoms with van der Waals surface area (Å²) in [4.78, 5) is 72.5. The number of carbonyl (C=O) groups is 6. The number of rotatable bonds is 16. The fourth-order valence-corrected chi connectivity index (χ4v) is 5.23. The van der Waals surface area contributed by atoms with E-state index in [2.05, 4.69) is 21.3 Å². The third-order valence-corrected chi connectivity index (χ3v) is 7.73. The van der Waals surface area contributed by atoms with Crippen molar-refractivity contribution in [3.8, 4) is 0 Å². The zero-order chi connectivity index (χ0) is 31.3. The molecule has 0 aromatic rings. The standard InChI is InChI=1S/2C15H27N3O3.CH4.2CH3.Fe/c1-3-15(21)18(11-14(20)16-2)9-8-17-13(19)10-12-6-4-5-7-12;1-3-15(21)18(9-8-16-12(2)19)11-14(20)17-10-13-6-4-5-7-13;;;;/h12H,3-11H2,1-2H3,(H,16,20)(H,17,19);13H,3-11H2,1-2H3,(H,16,19)(H,17,20);1H4;2*1H3;/q;;;2*-1;+2. The predicted molar refractivity (Wildman–Crippen MR) is 181 cm³/mol. The van der Waals surface area contributed by atoms with Gasteiger partial charge in [0.25, 0.3) is 0 Å². The van der Waals surface area contributed by atoms with Gasteiger partial charge >= 0.3 is 17.1 Å². The maximum absolute atomic E-state index is 11.9. The van der Waals surface area contributed by atoms with Crippen LogP contribution in [-0.4, -0.2) is 98.1 Å². The molecule has 0 heterocycles. The van der Waals surface area contributed by atoms with Gasteiger partial charge in [-0.15, -0.1) is 0 Å². The van der Waals surface area contributed by atoms with E-state index in [0.717, 1.165) is 12.8 Å². The number of hydrogen-bond acceptors (Lipinski definition) is 6. The van der Waals surface area contributed by atoms with Gasteiger partial charge in [-0.3, -0.25) is 28.8 Å². The van der Waals surface area contributed by atoms with Crippen LogP contribution in [0.15, 0.2) is 0 Å². The van der Waals surface area contributed by atoms with Gasteiger partial charge in [0.05, 0.1) is 13.1 Å². The van der Waals surface area contributed by atoms with Gasteiger partial charge in [-0.1, -0.05) is 47.0 Å². The molecule has 2 aliphatic rings. The quantitative estimate of drug-likeness (QED) is 0.144. The maximum Gasteiger partial charge on any atom is 2.00 e. The molecule has 13 heteroatoms. The van der Waals surface area contributed by atoms with Gasteiger partial charge in [0, 0.05) is 66.0 Å². The van der Waals surface area contributed by atoms with Crippen molar-refractivity contribution in [1.82, 2.24) is 31.1 Å². The number of carbonyl (C=O) groups excluding carboxylic acids is 6. The van der Waals surface area contributed by atoms with E-state index in [1.807, 2.05) is 0 Å². The Bertz CT molecular complexity index is 879. The van der Waals surface area contributed by atoms with E-state index >= 15 is 0 Å². The fraction of sp³-hybridized carbons (Fsp3) is 0.758. The van der Waals surface area contributed by atoms with E-state index in [1.165, 1.54) is 55.2 Å². The van der Waals surface area contributed by atoms with E-state index in [9.17, 15) is 28.8 Å². The van der Waals surface area contributed by atoms with E-state index < -0.39 is 0 Å². The number of nitrogens with zero attached hydrogens (tertiary/aromatic N) is 2. The summed E-state index contributed by atoms with van der Waals surface area (Å²) in [6.07, 6.45) is 10.9. The van der Waals surface area contributed by atoms with Crippen LogP contribution in [0.3, 0.4) is 0 Å². The monoisotopic (exact) mass is 696 g/mol. The normalized spacial score (nSPS) is 13.5. The van der Waals surface area contributed by atoms with Gasteiger partial charge in [0.1, 0.15) is 0 Å². The van der Waals surface area contributed by atoms with Gasteiger partial charge in [-0.2, -0.15) is 0 Å². The topological polar surface area (TPSA) is 157 Å². The largest absolute Gasteiger partial charge is 2.00 e. The van der Waals surface area contributed by atoms with Gasteiger partial charge in [0.15, 0.2) is 0 Å². The molecule has 2 rings (SSSR count). The van der Waals surface area contributed by atoms with Crippen molar-refractivity contribution in [3.63, 3.8) is 0 Å². The van der Waals surface area contributed by atoms with Gasteiger partial charge in [0.2, 0.25) is 35.4 Å². The molecule has 46 heavy (non-hydrogen) atoms. The second kappa shape index (κ2) is 29.7. The minimum Gasteiger partial charge on any atom is -0.358 e. The Balaban J connectivity index is -0.000000353. The number of likely N-dealkylation sites (N-methyl/N-ethyl adjacent to an activating group) is 1. The Kier molecular flexibility index (Phi) is 32.4. The second-order valence-electron chi connectivity index (χ2n) is 11.2. The summed E-state index contributed by atoms with van der Waals surface area (Å²) in [6, 6.07) is 0. The van der Waals surface area contributed by atoms with Gasteiger partial charge < -0.3 is 45.9 Å². The first kappa shape index (κ1) is 50.2. The zero-order valence-corrected chi connectivity index (χ0v) is 29.7. The molecule has 2 saturated carbocycles. The Morgan fingerprint density at radius 2 is 1.09 bits per heavy atom. The second-order valence-corrected chi connectivity index (χ2v) is 11.2. The molecule has 0 aromatic heterocycles. The molecule has 0 aromatic carbocycles. The smallest absolute Gasteiger partial charge is 0.358 e. The van der Waals surface area contributed by atoms with E-state index in [1.54, 1.807) is 20.9 Å². The molecule has 2 fully saturated rings. The Morgan fingerprint density at radius 3 is 1.52 bits per heavy atom. The van der Waals surface area contributed by atoms with Crippen LogP contribution < -0.4 is 21.3 Å². The minimum atomic E-state index is -0.200. The van der Waals surface area contributed by atoms with Gasteiger partial charge in [-0.05, 0) is 37.5 Å². The summed E-state index contributed by atoms with van der Waals surface area (Å²) in [5, 5.41) is 10.9. The van der Waals surface area contributed by atoms with E-state index in [-0.39, 0.29) is 87.9 Å². The van der Waals surface area contributed by atoms with Crippen LogP contribution in [0.25, 0.3) is 0 Å². The number of hydrogen-bond donors (Lipinski definition) is 4.